The van der Waals surface area contributed by atoms with Crippen molar-refractivity contribution in [3.8, 4) is 0 Å². The van der Waals surface area contributed by atoms with Gasteiger partial charge in [-0.25, -0.2) is 0 Å². The Balaban J connectivity index is 1.73. The molecule has 130 valence electrons. The van der Waals surface area contributed by atoms with E-state index in [2.05, 4.69) is 17.4 Å². The number of rotatable bonds is 2. The van der Waals surface area contributed by atoms with Gasteiger partial charge in [0.25, 0.3) is 5.91 Å². The molecule has 6 heteroatoms. The Morgan fingerprint density at radius 1 is 1.04 bits per heavy atom. The Morgan fingerprint density at radius 3 is 2.65 bits per heavy atom. The lowest BCUT2D eigenvalue weighted by Gasteiger charge is -2.19. The van der Waals surface area contributed by atoms with Crippen molar-refractivity contribution in [2.24, 2.45) is 0 Å². The number of hydrogen-bond donors (Lipinski definition) is 1. The largest absolute Gasteiger partial charge is 0.322 e. The van der Waals surface area contributed by atoms with E-state index in [1.165, 1.54) is 0 Å². The van der Waals surface area contributed by atoms with Crippen molar-refractivity contribution in [2.45, 2.75) is 12.6 Å². The van der Waals surface area contributed by atoms with Crippen LogP contribution in [0.5, 0.6) is 0 Å². The highest BCUT2D eigenvalue weighted by atomic mass is 32.2. The summed E-state index contributed by atoms with van der Waals surface area (Å²) in [4.78, 5) is 27.7. The van der Waals surface area contributed by atoms with E-state index in [-0.39, 0.29) is 17.9 Å². The molecular weight excluding hydrogens is 346 g/mol. The Morgan fingerprint density at radius 2 is 1.81 bits per heavy atom. The predicted octanol–water partition coefficient (Wildman–Crippen LogP) is 3.16. The van der Waals surface area contributed by atoms with E-state index in [4.69, 9.17) is 0 Å². The van der Waals surface area contributed by atoms with Crippen molar-refractivity contribution < 1.29 is 9.59 Å². The van der Waals surface area contributed by atoms with E-state index < -0.39 is 0 Å². The van der Waals surface area contributed by atoms with Crippen LogP contribution in [0.1, 0.15) is 15.9 Å². The zero-order valence-corrected chi connectivity index (χ0v) is 14.8. The molecule has 1 atom stereocenters. The average molecular weight is 363 g/mol. The number of hydrogen-bond acceptors (Lipinski definition) is 3. The molecule has 1 fully saturated rings. The van der Waals surface area contributed by atoms with E-state index in [0.717, 1.165) is 16.5 Å². The summed E-state index contributed by atoms with van der Waals surface area (Å²) in [5.41, 5.74) is 2.69. The molecule has 2 amide bonds. The van der Waals surface area contributed by atoms with Gasteiger partial charge in [0.15, 0.2) is 0 Å². The van der Waals surface area contributed by atoms with E-state index in [0.29, 0.717) is 29.6 Å². The number of anilines is 1. The van der Waals surface area contributed by atoms with Gasteiger partial charge in [-0.05, 0) is 11.6 Å². The minimum Gasteiger partial charge on any atom is -0.322 e. The second-order valence-corrected chi connectivity index (χ2v) is 7.59. The van der Waals surface area contributed by atoms with Crippen LogP contribution < -0.4 is 5.32 Å². The summed E-state index contributed by atoms with van der Waals surface area (Å²) in [6.45, 7) is 0.601. The van der Waals surface area contributed by atoms with Gasteiger partial charge in [0, 0.05) is 17.7 Å². The predicted molar refractivity (Wildman–Crippen MR) is 103 cm³/mol. The maximum absolute atomic E-state index is 13.3. The summed E-state index contributed by atoms with van der Waals surface area (Å²) in [5.74, 6) is 1.67. The molecule has 3 heterocycles. The van der Waals surface area contributed by atoms with Crippen molar-refractivity contribution in [1.82, 2.24) is 9.47 Å². The molecule has 1 unspecified atom stereocenters. The molecule has 3 aromatic rings. The van der Waals surface area contributed by atoms with Gasteiger partial charge in [-0.1, -0.05) is 48.5 Å². The Kier molecular flexibility index (Phi) is 3.53. The normalized spacial score (nSPS) is 19.2. The SMILES string of the molecule is O=C1Nc2c(c3ccccc3n2Cc2ccccc2)C(=O)N2CSCC12. The Labute approximate surface area is 155 Å². The number of aromatic nitrogens is 1. The maximum atomic E-state index is 13.3. The second kappa shape index (κ2) is 5.92. The van der Waals surface area contributed by atoms with Gasteiger partial charge in [-0.3, -0.25) is 9.59 Å². The van der Waals surface area contributed by atoms with E-state index in [1.54, 1.807) is 16.7 Å². The van der Waals surface area contributed by atoms with Gasteiger partial charge in [0.1, 0.15) is 11.9 Å². The maximum Gasteiger partial charge on any atom is 0.259 e. The summed E-state index contributed by atoms with van der Waals surface area (Å²) in [6, 6.07) is 17.6. The molecule has 2 aromatic carbocycles. The van der Waals surface area contributed by atoms with Crippen molar-refractivity contribution >= 4 is 40.3 Å². The van der Waals surface area contributed by atoms with Gasteiger partial charge in [0.2, 0.25) is 5.91 Å². The number of para-hydroxylation sites is 1. The number of fused-ring (bicyclic) bond motifs is 4. The fourth-order valence-electron chi connectivity index (χ4n) is 3.78. The summed E-state index contributed by atoms with van der Waals surface area (Å²) >= 11 is 1.62. The smallest absolute Gasteiger partial charge is 0.259 e. The van der Waals surface area contributed by atoms with E-state index >= 15 is 0 Å². The molecular formula is C20H17N3O2S. The molecule has 2 aliphatic heterocycles. The van der Waals surface area contributed by atoms with Crippen molar-refractivity contribution in [1.29, 1.82) is 0 Å². The van der Waals surface area contributed by atoms with Crippen molar-refractivity contribution in [3.05, 3.63) is 65.7 Å². The molecule has 1 saturated heterocycles. The topological polar surface area (TPSA) is 54.3 Å². The molecule has 5 nitrogen and oxygen atoms in total. The van der Waals surface area contributed by atoms with Crippen LogP contribution in [-0.2, 0) is 11.3 Å². The molecule has 1 N–H and O–H groups in total. The summed E-state index contributed by atoms with van der Waals surface area (Å²) in [5, 5.41) is 3.94. The fourth-order valence-corrected chi connectivity index (χ4v) is 4.94. The van der Waals surface area contributed by atoms with Gasteiger partial charge < -0.3 is 14.8 Å². The first-order valence-electron chi connectivity index (χ1n) is 8.59. The minimum absolute atomic E-state index is 0.0589. The fraction of sp³-hybridized carbons (Fsp3) is 0.200. The number of thioether (sulfide) groups is 1. The third-order valence-corrected chi connectivity index (χ3v) is 6.07. The third kappa shape index (κ3) is 2.25. The van der Waals surface area contributed by atoms with Gasteiger partial charge in [-0.15, -0.1) is 11.8 Å². The quantitative estimate of drug-likeness (QED) is 0.761. The third-order valence-electron chi connectivity index (χ3n) is 5.06. The minimum atomic E-state index is -0.385. The second-order valence-electron chi connectivity index (χ2n) is 6.59. The standard InChI is InChI=1S/C20H17N3O2S/c24-19-16-11-26-12-23(16)20(25)17-14-8-4-5-9-15(14)22(18(17)21-19)10-13-6-2-1-3-7-13/h1-9,16H,10-12H2,(H,21,24). The first-order chi connectivity index (χ1) is 12.7. The molecule has 26 heavy (non-hydrogen) atoms. The Bertz CT molecular complexity index is 1030. The lowest BCUT2D eigenvalue weighted by Crippen LogP contribution is -2.42. The van der Waals surface area contributed by atoms with Crippen LogP contribution in [0.4, 0.5) is 5.82 Å². The van der Waals surface area contributed by atoms with Crippen LogP contribution >= 0.6 is 11.8 Å². The molecule has 5 rings (SSSR count). The first-order valence-corrected chi connectivity index (χ1v) is 9.74. The molecule has 0 spiro atoms. The summed E-state index contributed by atoms with van der Waals surface area (Å²) in [7, 11) is 0. The van der Waals surface area contributed by atoms with Crippen LogP contribution in [0.3, 0.4) is 0 Å². The Hall–Kier alpha value is -2.73. The number of amides is 2. The highest BCUT2D eigenvalue weighted by Gasteiger charge is 2.41. The first kappa shape index (κ1) is 15.5. The zero-order valence-electron chi connectivity index (χ0n) is 14.0. The monoisotopic (exact) mass is 363 g/mol. The van der Waals surface area contributed by atoms with Gasteiger partial charge in [-0.2, -0.15) is 0 Å². The summed E-state index contributed by atoms with van der Waals surface area (Å²) < 4.78 is 2.05. The highest BCUT2D eigenvalue weighted by molar-refractivity contribution is 7.99. The molecule has 0 radical (unpaired) electrons. The molecule has 0 aliphatic carbocycles. The van der Waals surface area contributed by atoms with E-state index in [9.17, 15) is 9.59 Å². The number of nitrogens with one attached hydrogen (secondary N) is 1. The molecule has 0 bridgehead atoms. The number of carbonyl (C=O) groups is 2. The van der Waals surface area contributed by atoms with Crippen LogP contribution in [0.25, 0.3) is 10.9 Å². The lowest BCUT2D eigenvalue weighted by atomic mass is 10.1. The van der Waals surface area contributed by atoms with Crippen LogP contribution in [0.15, 0.2) is 54.6 Å². The number of benzene rings is 2. The van der Waals surface area contributed by atoms with E-state index in [1.807, 2.05) is 47.0 Å². The average Bonchev–Trinajstić information content (AvgIpc) is 3.24. The number of nitrogens with zero attached hydrogens (tertiary/aromatic N) is 2. The lowest BCUT2D eigenvalue weighted by molar-refractivity contribution is -0.119. The molecule has 1 aromatic heterocycles. The van der Waals surface area contributed by atoms with Gasteiger partial charge >= 0.3 is 0 Å². The highest BCUT2D eigenvalue weighted by Crippen LogP contribution is 2.37. The van der Waals surface area contributed by atoms with Gasteiger partial charge in [0.05, 0.1) is 17.0 Å². The number of carbonyl (C=O) groups excluding carboxylic acids is 2. The summed E-state index contributed by atoms with van der Waals surface area (Å²) in [6.07, 6.45) is 0. The van der Waals surface area contributed by atoms with Crippen LogP contribution in [-0.4, -0.2) is 39.0 Å². The van der Waals surface area contributed by atoms with Crippen molar-refractivity contribution in [2.75, 3.05) is 16.9 Å². The van der Waals surface area contributed by atoms with Crippen LogP contribution in [0.2, 0.25) is 0 Å². The van der Waals surface area contributed by atoms with Crippen molar-refractivity contribution in [3.63, 3.8) is 0 Å². The molecule has 0 saturated carbocycles. The van der Waals surface area contributed by atoms with Crippen LogP contribution in [0, 0.1) is 0 Å². The molecule has 2 aliphatic rings. The zero-order chi connectivity index (χ0) is 17.7.